The molecule has 0 spiro atoms. The Hall–Kier alpha value is -5.94. The number of anilines is 3. The van der Waals surface area contributed by atoms with E-state index in [0.717, 1.165) is 11.4 Å². The Bertz CT molecular complexity index is 3110. The molecular formula is C46H28N2S2. The van der Waals surface area contributed by atoms with Gasteiger partial charge in [0.2, 0.25) is 0 Å². The van der Waals surface area contributed by atoms with Gasteiger partial charge in [-0.05, 0) is 71.4 Å². The molecule has 234 valence electrons. The SMILES string of the molecule is c1ccc(-n2c3ccccc3c3c(N(c4ccc5c(c4)sc4c6ccccc6ccc54)c4cccc5sc6ccccc6c45)cccc32)cc1. The minimum absolute atomic E-state index is 1.15. The number of para-hydroxylation sites is 2. The molecule has 2 nitrogen and oxygen atoms in total. The van der Waals surface area contributed by atoms with Crippen LogP contribution in [0.15, 0.2) is 170 Å². The van der Waals surface area contributed by atoms with E-state index in [9.17, 15) is 0 Å². The summed E-state index contributed by atoms with van der Waals surface area (Å²) in [6.07, 6.45) is 0. The molecule has 11 rings (SSSR count). The standard InChI is InChI=1S/C46H28N2S2/c1-2-13-30(14-3-1)47-37-18-8-6-16-35(37)44-38(47)19-10-20-39(44)48(40-21-11-23-42-45(40)36-17-7-9-22-41(36)49-42)31-25-27-33-34-26-24-29-12-4-5-15-32(29)46(34)50-43(33)28-31/h1-28H. The molecule has 3 heterocycles. The van der Waals surface area contributed by atoms with E-state index in [2.05, 4.69) is 179 Å². The second-order valence-corrected chi connectivity index (χ2v) is 15.0. The van der Waals surface area contributed by atoms with Gasteiger partial charge in [0.05, 0.1) is 22.4 Å². The molecule has 0 aliphatic heterocycles. The maximum atomic E-state index is 2.52. The highest BCUT2D eigenvalue weighted by atomic mass is 32.1. The molecule has 50 heavy (non-hydrogen) atoms. The number of benzene rings is 8. The van der Waals surface area contributed by atoms with E-state index in [4.69, 9.17) is 0 Å². The monoisotopic (exact) mass is 672 g/mol. The molecule has 0 radical (unpaired) electrons. The van der Waals surface area contributed by atoms with E-state index >= 15 is 0 Å². The molecule has 8 aromatic carbocycles. The highest BCUT2D eigenvalue weighted by Gasteiger charge is 2.24. The molecule has 0 saturated heterocycles. The zero-order valence-electron chi connectivity index (χ0n) is 26.9. The maximum absolute atomic E-state index is 2.52. The first kappa shape index (κ1) is 28.0. The van der Waals surface area contributed by atoms with Crippen molar-refractivity contribution in [3.05, 3.63) is 170 Å². The molecule has 3 aromatic heterocycles. The minimum Gasteiger partial charge on any atom is -0.309 e. The Morgan fingerprint density at radius 3 is 1.98 bits per heavy atom. The quantitative estimate of drug-likeness (QED) is 0.181. The lowest BCUT2D eigenvalue weighted by molar-refractivity contribution is 1.18. The van der Waals surface area contributed by atoms with E-state index in [1.165, 1.54) is 84.3 Å². The predicted molar refractivity (Wildman–Crippen MR) is 219 cm³/mol. The first-order valence-corrected chi connectivity index (χ1v) is 18.6. The fraction of sp³-hybridized carbons (Fsp3) is 0. The molecule has 0 N–H and O–H groups in total. The Balaban J connectivity index is 1.26. The Morgan fingerprint density at radius 1 is 0.400 bits per heavy atom. The van der Waals surface area contributed by atoms with Crippen molar-refractivity contribution in [2.24, 2.45) is 0 Å². The number of hydrogen-bond acceptors (Lipinski definition) is 3. The van der Waals surface area contributed by atoms with Crippen LogP contribution in [0.2, 0.25) is 0 Å². The lowest BCUT2D eigenvalue weighted by atomic mass is 10.0. The average molecular weight is 673 g/mol. The summed E-state index contributed by atoms with van der Waals surface area (Å²) in [6, 6.07) is 62.4. The summed E-state index contributed by atoms with van der Waals surface area (Å²) in [7, 11) is 0. The number of fused-ring (bicyclic) bond motifs is 11. The van der Waals surface area contributed by atoms with E-state index < -0.39 is 0 Å². The Kier molecular flexibility index (Phi) is 6.03. The normalized spacial score (nSPS) is 12.0. The minimum atomic E-state index is 1.15. The highest BCUT2D eigenvalue weighted by Crippen LogP contribution is 2.49. The van der Waals surface area contributed by atoms with Crippen LogP contribution in [-0.2, 0) is 0 Å². The molecule has 0 atom stereocenters. The fourth-order valence-corrected chi connectivity index (χ4v) is 10.4. The third-order valence-corrected chi connectivity index (χ3v) is 12.5. The van der Waals surface area contributed by atoms with E-state index in [1.807, 2.05) is 22.7 Å². The lowest BCUT2D eigenvalue weighted by Crippen LogP contribution is -2.10. The van der Waals surface area contributed by atoms with Crippen LogP contribution >= 0.6 is 22.7 Å². The smallest absolute Gasteiger partial charge is 0.0562 e. The van der Waals surface area contributed by atoms with E-state index in [1.54, 1.807) is 0 Å². The van der Waals surface area contributed by atoms with Gasteiger partial charge in [-0.15, -0.1) is 22.7 Å². The second kappa shape index (κ2) is 10.8. The highest BCUT2D eigenvalue weighted by molar-refractivity contribution is 7.27. The van der Waals surface area contributed by atoms with Crippen LogP contribution in [0, 0.1) is 0 Å². The molecule has 0 amide bonds. The second-order valence-electron chi connectivity index (χ2n) is 12.9. The van der Waals surface area contributed by atoms with Crippen LogP contribution in [0.4, 0.5) is 17.1 Å². The average Bonchev–Trinajstić information content (AvgIpc) is 3.85. The Labute approximate surface area is 296 Å². The summed E-state index contributed by atoms with van der Waals surface area (Å²) in [6.45, 7) is 0. The van der Waals surface area contributed by atoms with Gasteiger partial charge in [0.15, 0.2) is 0 Å². The number of nitrogens with zero attached hydrogens (tertiary/aromatic N) is 2. The Morgan fingerprint density at radius 2 is 1.08 bits per heavy atom. The summed E-state index contributed by atoms with van der Waals surface area (Å²) in [5.41, 5.74) is 7.06. The zero-order chi connectivity index (χ0) is 32.8. The number of hydrogen-bond donors (Lipinski definition) is 0. The van der Waals surface area contributed by atoms with Gasteiger partial charge in [-0.25, -0.2) is 0 Å². The van der Waals surface area contributed by atoms with Crippen LogP contribution in [0.5, 0.6) is 0 Å². The van der Waals surface area contributed by atoms with Gasteiger partial charge in [0.25, 0.3) is 0 Å². The molecule has 0 aliphatic rings. The van der Waals surface area contributed by atoms with Crippen LogP contribution in [-0.4, -0.2) is 4.57 Å². The van der Waals surface area contributed by atoms with Crippen molar-refractivity contribution in [1.82, 2.24) is 4.57 Å². The molecule has 4 heteroatoms. The van der Waals surface area contributed by atoms with Crippen LogP contribution < -0.4 is 4.90 Å². The molecule has 0 saturated carbocycles. The first-order chi connectivity index (χ1) is 24.8. The maximum Gasteiger partial charge on any atom is 0.0562 e. The van der Waals surface area contributed by atoms with Gasteiger partial charge >= 0.3 is 0 Å². The summed E-state index contributed by atoms with van der Waals surface area (Å²) in [4.78, 5) is 2.52. The summed E-state index contributed by atoms with van der Waals surface area (Å²) < 4.78 is 7.65. The van der Waals surface area contributed by atoms with E-state index in [-0.39, 0.29) is 0 Å². The van der Waals surface area contributed by atoms with Gasteiger partial charge in [-0.3, -0.25) is 0 Å². The van der Waals surface area contributed by atoms with Crippen molar-refractivity contribution in [2.45, 2.75) is 0 Å². The van der Waals surface area contributed by atoms with Crippen LogP contribution in [0.25, 0.3) is 78.6 Å². The van der Waals surface area contributed by atoms with Crippen molar-refractivity contribution in [3.63, 3.8) is 0 Å². The summed E-state index contributed by atoms with van der Waals surface area (Å²) in [5, 5.41) is 10.3. The molecule has 0 fully saturated rings. The number of aromatic nitrogens is 1. The molecule has 0 aliphatic carbocycles. The summed E-state index contributed by atoms with van der Waals surface area (Å²) in [5.74, 6) is 0. The lowest BCUT2D eigenvalue weighted by Gasteiger charge is -2.27. The predicted octanol–water partition coefficient (Wildman–Crippen LogP) is 14.1. The fourth-order valence-electron chi connectivity index (χ4n) is 8.02. The zero-order valence-corrected chi connectivity index (χ0v) is 28.5. The number of rotatable bonds is 4. The van der Waals surface area contributed by atoms with Gasteiger partial charge in [-0.1, -0.05) is 109 Å². The van der Waals surface area contributed by atoms with Crippen LogP contribution in [0.3, 0.4) is 0 Å². The van der Waals surface area contributed by atoms with Crippen molar-refractivity contribution in [1.29, 1.82) is 0 Å². The molecule has 11 aromatic rings. The molecular weight excluding hydrogens is 645 g/mol. The van der Waals surface area contributed by atoms with E-state index in [0.29, 0.717) is 0 Å². The van der Waals surface area contributed by atoms with Crippen LogP contribution in [0.1, 0.15) is 0 Å². The molecule has 0 unspecified atom stereocenters. The largest absolute Gasteiger partial charge is 0.309 e. The van der Waals surface area contributed by atoms with Gasteiger partial charge in [0, 0.05) is 62.5 Å². The third-order valence-electron chi connectivity index (χ3n) is 10.2. The number of thiophene rings is 2. The molecule has 0 bridgehead atoms. The summed E-state index contributed by atoms with van der Waals surface area (Å²) >= 11 is 3.77. The third kappa shape index (κ3) is 4.01. The van der Waals surface area contributed by atoms with Crippen molar-refractivity contribution in [3.8, 4) is 5.69 Å². The first-order valence-electron chi connectivity index (χ1n) is 16.9. The van der Waals surface area contributed by atoms with Crippen molar-refractivity contribution < 1.29 is 0 Å². The van der Waals surface area contributed by atoms with Crippen molar-refractivity contribution >= 4 is 113 Å². The van der Waals surface area contributed by atoms with Gasteiger partial charge in [-0.2, -0.15) is 0 Å². The van der Waals surface area contributed by atoms with Crippen molar-refractivity contribution in [2.75, 3.05) is 4.90 Å². The van der Waals surface area contributed by atoms with Gasteiger partial charge in [0.1, 0.15) is 0 Å². The topological polar surface area (TPSA) is 8.17 Å². The van der Waals surface area contributed by atoms with Gasteiger partial charge < -0.3 is 9.47 Å².